The summed E-state index contributed by atoms with van der Waals surface area (Å²) in [6, 6.07) is 5.81. The average Bonchev–Trinajstić information content (AvgIpc) is 2.92. The van der Waals surface area contributed by atoms with Gasteiger partial charge in [0.05, 0.1) is 10.7 Å². The van der Waals surface area contributed by atoms with Gasteiger partial charge in [0.25, 0.3) is 0 Å². The van der Waals surface area contributed by atoms with Crippen LogP contribution in [0.5, 0.6) is 0 Å². The van der Waals surface area contributed by atoms with Crippen LogP contribution >= 0.6 is 23.2 Å². The molecule has 28 heavy (non-hydrogen) atoms. The first-order chi connectivity index (χ1) is 13.1. The number of halogens is 5. The lowest BCUT2D eigenvalue weighted by atomic mass is 9.92. The summed E-state index contributed by atoms with van der Waals surface area (Å²) in [6.07, 6.45) is -3.36. The van der Waals surface area contributed by atoms with Crippen LogP contribution < -0.4 is 4.90 Å². The third-order valence-corrected chi connectivity index (χ3v) is 6.04. The van der Waals surface area contributed by atoms with Gasteiger partial charge in [-0.1, -0.05) is 23.2 Å². The van der Waals surface area contributed by atoms with Crippen molar-refractivity contribution in [3.05, 3.63) is 45.2 Å². The quantitative estimate of drug-likeness (QED) is 0.655. The average molecular weight is 434 g/mol. The number of aromatic nitrogens is 2. The Morgan fingerprint density at radius 2 is 1.86 bits per heavy atom. The molecule has 1 aliphatic rings. The van der Waals surface area contributed by atoms with Crippen molar-refractivity contribution in [1.82, 2.24) is 9.78 Å². The zero-order valence-electron chi connectivity index (χ0n) is 15.5. The van der Waals surface area contributed by atoms with Crippen LogP contribution in [0.25, 0.3) is 0 Å². The van der Waals surface area contributed by atoms with Gasteiger partial charge < -0.3 is 4.90 Å². The van der Waals surface area contributed by atoms with Crippen molar-refractivity contribution >= 4 is 34.7 Å². The number of alkyl halides is 3. The summed E-state index contributed by atoms with van der Waals surface area (Å²) >= 11 is 11.8. The largest absolute Gasteiger partial charge is 0.436 e. The Morgan fingerprint density at radius 3 is 2.39 bits per heavy atom. The summed E-state index contributed by atoms with van der Waals surface area (Å²) in [6.45, 7) is 4.57. The van der Waals surface area contributed by atoms with Crippen LogP contribution in [0.4, 0.5) is 18.9 Å². The highest BCUT2D eigenvalue weighted by molar-refractivity contribution is 6.32. The van der Waals surface area contributed by atoms with E-state index in [2.05, 4.69) is 10.00 Å². The van der Waals surface area contributed by atoms with Crippen molar-refractivity contribution in [2.45, 2.75) is 39.4 Å². The molecule has 0 aliphatic carbocycles. The molecule has 0 saturated carbocycles. The number of aryl methyl sites for hydroxylation is 1. The number of Topliss-reactive ketones (excluding diaryl/α,β-unsaturated/α-hetero) is 1. The number of carbonyl (C=O) groups excluding carboxylic acids is 1. The molecule has 4 nitrogen and oxygen atoms in total. The zero-order valence-corrected chi connectivity index (χ0v) is 17.0. The van der Waals surface area contributed by atoms with Crippen LogP contribution in [0, 0.1) is 19.8 Å². The molecule has 1 aliphatic heterocycles. The molecule has 152 valence electrons. The smallest absolute Gasteiger partial charge is 0.371 e. The Hall–Kier alpha value is -1.73. The highest BCUT2D eigenvalue weighted by atomic mass is 35.5. The van der Waals surface area contributed by atoms with Gasteiger partial charge in [-0.15, -0.1) is 0 Å². The van der Waals surface area contributed by atoms with Crippen LogP contribution in [-0.2, 0) is 17.5 Å². The zero-order chi connectivity index (χ0) is 20.6. The normalized spacial score (nSPS) is 15.9. The molecular formula is C19H20Cl2F3N3O. The summed E-state index contributed by atoms with van der Waals surface area (Å²) in [5.74, 6) is -0.329. The van der Waals surface area contributed by atoms with E-state index in [0.29, 0.717) is 31.0 Å². The molecule has 0 unspecified atom stereocenters. The number of nitrogens with zero attached hydrogens (tertiary/aromatic N) is 3. The summed E-state index contributed by atoms with van der Waals surface area (Å²) in [4.78, 5) is 14.8. The molecule has 9 heteroatoms. The van der Waals surface area contributed by atoms with Gasteiger partial charge in [0, 0.05) is 29.7 Å². The molecule has 0 atom stereocenters. The Bertz CT molecular complexity index is 887. The lowest BCUT2D eigenvalue weighted by Crippen LogP contribution is -2.37. The fourth-order valence-electron chi connectivity index (χ4n) is 3.42. The first kappa shape index (κ1) is 21.0. The molecular weight excluding hydrogens is 414 g/mol. The van der Waals surface area contributed by atoms with Crippen LogP contribution in [0.3, 0.4) is 0 Å². The predicted molar refractivity (Wildman–Crippen MR) is 103 cm³/mol. The Balaban J connectivity index is 1.64. The van der Waals surface area contributed by atoms with Crippen molar-refractivity contribution in [2.75, 3.05) is 18.0 Å². The second-order valence-electron chi connectivity index (χ2n) is 7.06. The molecule has 1 fully saturated rings. The van der Waals surface area contributed by atoms with E-state index in [-0.39, 0.29) is 23.9 Å². The van der Waals surface area contributed by atoms with E-state index >= 15 is 0 Å². The number of anilines is 1. The van der Waals surface area contributed by atoms with Crippen molar-refractivity contribution < 1.29 is 18.0 Å². The molecule has 1 aromatic carbocycles. The number of hydrogen-bond donors (Lipinski definition) is 0. The van der Waals surface area contributed by atoms with Crippen LogP contribution in [0.15, 0.2) is 18.2 Å². The Morgan fingerprint density at radius 1 is 1.21 bits per heavy atom. The van der Waals surface area contributed by atoms with Gasteiger partial charge in [-0.05, 0) is 50.5 Å². The number of ketones is 1. The van der Waals surface area contributed by atoms with Gasteiger partial charge >= 0.3 is 6.18 Å². The molecule has 2 heterocycles. The minimum atomic E-state index is -4.64. The van der Waals surface area contributed by atoms with Gasteiger partial charge in [0.15, 0.2) is 11.5 Å². The van der Waals surface area contributed by atoms with Gasteiger partial charge in [0.2, 0.25) is 0 Å². The summed E-state index contributed by atoms with van der Waals surface area (Å²) in [5, 5.41) is 3.77. The van der Waals surface area contributed by atoms with E-state index in [4.69, 9.17) is 23.2 Å². The molecule has 0 N–H and O–H groups in total. The Kier molecular flexibility index (Phi) is 5.96. The van der Waals surface area contributed by atoms with E-state index < -0.39 is 16.9 Å². The molecule has 0 radical (unpaired) electrons. The van der Waals surface area contributed by atoms with Gasteiger partial charge in [-0.3, -0.25) is 9.48 Å². The maximum absolute atomic E-state index is 12.9. The van der Waals surface area contributed by atoms with Crippen LogP contribution in [-0.4, -0.2) is 28.7 Å². The van der Waals surface area contributed by atoms with Gasteiger partial charge in [-0.2, -0.15) is 18.3 Å². The van der Waals surface area contributed by atoms with E-state index in [0.717, 1.165) is 15.9 Å². The molecule has 2 aromatic rings. The van der Waals surface area contributed by atoms with E-state index in [1.807, 2.05) is 25.1 Å². The number of benzene rings is 1. The van der Waals surface area contributed by atoms with Gasteiger partial charge in [0.1, 0.15) is 6.54 Å². The molecule has 3 rings (SSSR count). The lowest BCUT2D eigenvalue weighted by Gasteiger charge is -2.33. The van der Waals surface area contributed by atoms with Crippen molar-refractivity contribution in [3.8, 4) is 0 Å². The standard InChI is InChI=1S/C19H20Cl2F3N3O/c1-11-9-14(3-4-15(11)20)26-7-5-13(6-8-26)16(28)10-27-12(2)17(21)18(25-27)19(22,23)24/h3-4,9,13H,5-8,10H2,1-2H3. The minimum absolute atomic E-state index is 0.122. The lowest BCUT2D eigenvalue weighted by molar-refractivity contribution is -0.141. The summed E-state index contributed by atoms with van der Waals surface area (Å²) in [7, 11) is 0. The monoisotopic (exact) mass is 433 g/mol. The van der Waals surface area contributed by atoms with Crippen LogP contribution in [0.1, 0.15) is 29.8 Å². The van der Waals surface area contributed by atoms with Crippen molar-refractivity contribution in [3.63, 3.8) is 0 Å². The van der Waals surface area contributed by atoms with Gasteiger partial charge in [-0.25, -0.2) is 0 Å². The maximum Gasteiger partial charge on any atom is 0.436 e. The molecule has 0 bridgehead atoms. The Labute approximate surface area is 171 Å². The van der Waals surface area contributed by atoms with E-state index in [1.54, 1.807) is 0 Å². The topological polar surface area (TPSA) is 38.1 Å². The highest BCUT2D eigenvalue weighted by Gasteiger charge is 2.38. The first-order valence-corrected chi connectivity index (χ1v) is 9.67. The number of carbonyl (C=O) groups is 1. The second-order valence-corrected chi connectivity index (χ2v) is 7.85. The summed E-state index contributed by atoms with van der Waals surface area (Å²) in [5.41, 5.74) is 1.05. The third-order valence-electron chi connectivity index (χ3n) is 5.16. The van der Waals surface area contributed by atoms with E-state index in [1.165, 1.54) is 6.92 Å². The number of rotatable bonds is 4. The number of piperidine rings is 1. The van der Waals surface area contributed by atoms with Crippen molar-refractivity contribution in [1.29, 1.82) is 0 Å². The minimum Gasteiger partial charge on any atom is -0.371 e. The molecule has 0 spiro atoms. The van der Waals surface area contributed by atoms with E-state index in [9.17, 15) is 18.0 Å². The summed E-state index contributed by atoms with van der Waals surface area (Å²) < 4.78 is 39.9. The maximum atomic E-state index is 12.9. The van der Waals surface area contributed by atoms with Crippen LogP contribution in [0.2, 0.25) is 10.0 Å². The molecule has 1 saturated heterocycles. The first-order valence-electron chi connectivity index (χ1n) is 8.92. The second kappa shape index (κ2) is 7.95. The molecule has 1 aromatic heterocycles. The SMILES string of the molecule is Cc1cc(N2CCC(C(=O)Cn3nc(C(F)(F)F)c(Cl)c3C)CC2)ccc1Cl. The predicted octanol–water partition coefficient (Wildman–Crippen LogP) is 5.31. The number of hydrogen-bond acceptors (Lipinski definition) is 3. The fraction of sp³-hybridized carbons (Fsp3) is 0.474. The fourth-order valence-corrected chi connectivity index (χ4v) is 3.78. The highest BCUT2D eigenvalue weighted by Crippen LogP contribution is 2.35. The molecule has 0 amide bonds. The van der Waals surface area contributed by atoms with Crippen molar-refractivity contribution in [2.24, 2.45) is 5.92 Å². The third kappa shape index (κ3) is 4.30.